The zero-order chi connectivity index (χ0) is 17.6. The van der Waals surface area contributed by atoms with Crippen LogP contribution in [-0.4, -0.2) is 22.9 Å². The van der Waals surface area contributed by atoms with E-state index in [4.69, 9.17) is 0 Å². The van der Waals surface area contributed by atoms with Crippen LogP contribution in [0.5, 0.6) is 0 Å². The van der Waals surface area contributed by atoms with Crippen LogP contribution in [0.3, 0.4) is 0 Å². The number of amides is 1. The van der Waals surface area contributed by atoms with E-state index >= 15 is 0 Å². The first kappa shape index (κ1) is 16.6. The van der Waals surface area contributed by atoms with Crippen molar-refractivity contribution in [3.05, 3.63) is 78.2 Å². The predicted molar refractivity (Wildman–Crippen MR) is 100 cm³/mol. The fourth-order valence-corrected chi connectivity index (χ4v) is 2.58. The number of anilines is 3. The van der Waals surface area contributed by atoms with Crippen molar-refractivity contribution in [2.24, 2.45) is 0 Å². The molecule has 1 N–H and O–H groups in total. The lowest BCUT2D eigenvalue weighted by Crippen LogP contribution is -2.17. The lowest BCUT2D eigenvalue weighted by atomic mass is 10.1. The van der Waals surface area contributed by atoms with Crippen molar-refractivity contribution in [2.75, 3.05) is 17.3 Å². The molecule has 5 nitrogen and oxygen atoms in total. The number of carbonyl (C=O) groups excluding carboxylic acids is 1. The van der Waals surface area contributed by atoms with Gasteiger partial charge >= 0.3 is 0 Å². The average Bonchev–Trinajstić information content (AvgIpc) is 2.68. The Morgan fingerprint density at radius 1 is 1.04 bits per heavy atom. The highest BCUT2D eigenvalue weighted by atomic mass is 16.1. The van der Waals surface area contributed by atoms with Gasteiger partial charge in [-0.1, -0.05) is 43.3 Å². The molecule has 0 atom stereocenters. The minimum atomic E-state index is -0.244. The molecule has 25 heavy (non-hydrogen) atoms. The Kier molecular flexibility index (Phi) is 5.04. The molecule has 0 fully saturated rings. The van der Waals surface area contributed by atoms with Crippen molar-refractivity contribution in [1.29, 1.82) is 0 Å². The molecule has 2 aromatic carbocycles. The molecule has 1 aromatic heterocycles. The van der Waals surface area contributed by atoms with Gasteiger partial charge in [0.25, 0.3) is 5.91 Å². The summed E-state index contributed by atoms with van der Waals surface area (Å²) in [5, 5.41) is 2.94. The molecule has 3 aromatic rings. The second-order valence-corrected chi connectivity index (χ2v) is 5.62. The molecule has 126 valence electrons. The molecule has 0 aliphatic rings. The summed E-state index contributed by atoms with van der Waals surface area (Å²) in [7, 11) is 1.91. The van der Waals surface area contributed by atoms with Gasteiger partial charge in [0.1, 0.15) is 17.8 Å². The number of aryl methyl sites for hydroxylation is 1. The van der Waals surface area contributed by atoms with Gasteiger partial charge < -0.3 is 10.2 Å². The summed E-state index contributed by atoms with van der Waals surface area (Å²) in [4.78, 5) is 22.9. The largest absolute Gasteiger partial charge is 0.329 e. The maximum Gasteiger partial charge on any atom is 0.274 e. The third-order valence-corrected chi connectivity index (χ3v) is 4.02. The van der Waals surface area contributed by atoms with Crippen LogP contribution in [0.15, 0.2) is 67.0 Å². The number of nitrogens with one attached hydrogen (secondary N) is 1. The summed E-state index contributed by atoms with van der Waals surface area (Å²) < 4.78 is 0. The van der Waals surface area contributed by atoms with Gasteiger partial charge in [-0.3, -0.25) is 4.79 Å². The van der Waals surface area contributed by atoms with Gasteiger partial charge in [0.15, 0.2) is 0 Å². The highest BCUT2D eigenvalue weighted by molar-refractivity contribution is 6.03. The maximum absolute atomic E-state index is 12.6. The highest BCUT2D eigenvalue weighted by Gasteiger charge is 2.13. The zero-order valence-corrected chi connectivity index (χ0v) is 14.3. The van der Waals surface area contributed by atoms with Crippen molar-refractivity contribution < 1.29 is 4.79 Å². The van der Waals surface area contributed by atoms with Gasteiger partial charge in [-0.2, -0.15) is 0 Å². The topological polar surface area (TPSA) is 58.1 Å². The van der Waals surface area contributed by atoms with Crippen LogP contribution in [0.1, 0.15) is 23.0 Å². The fraction of sp³-hybridized carbons (Fsp3) is 0.150. The van der Waals surface area contributed by atoms with E-state index in [1.807, 2.05) is 66.5 Å². The second kappa shape index (κ2) is 7.57. The minimum Gasteiger partial charge on any atom is -0.329 e. The van der Waals surface area contributed by atoms with Crippen LogP contribution in [0.25, 0.3) is 0 Å². The molecule has 5 heteroatoms. The smallest absolute Gasteiger partial charge is 0.274 e. The van der Waals surface area contributed by atoms with E-state index < -0.39 is 0 Å². The SMILES string of the molecule is CCc1ccccc1NC(=O)c1cc(N(C)c2ccccc2)ncn1. The number of hydrogen-bond acceptors (Lipinski definition) is 4. The first-order chi connectivity index (χ1) is 12.2. The van der Waals surface area contributed by atoms with Crippen LogP contribution in [-0.2, 0) is 6.42 Å². The highest BCUT2D eigenvalue weighted by Crippen LogP contribution is 2.22. The average molecular weight is 332 g/mol. The van der Waals surface area contributed by atoms with E-state index in [-0.39, 0.29) is 5.91 Å². The van der Waals surface area contributed by atoms with E-state index in [9.17, 15) is 4.79 Å². The first-order valence-electron chi connectivity index (χ1n) is 8.19. The number of aromatic nitrogens is 2. The zero-order valence-electron chi connectivity index (χ0n) is 14.3. The van der Waals surface area contributed by atoms with Crippen LogP contribution >= 0.6 is 0 Å². The monoisotopic (exact) mass is 332 g/mol. The van der Waals surface area contributed by atoms with Crippen molar-refractivity contribution in [2.45, 2.75) is 13.3 Å². The quantitative estimate of drug-likeness (QED) is 0.765. The number of benzene rings is 2. The van der Waals surface area contributed by atoms with Crippen LogP contribution in [0.4, 0.5) is 17.2 Å². The van der Waals surface area contributed by atoms with Gasteiger partial charge in [-0.15, -0.1) is 0 Å². The van der Waals surface area contributed by atoms with E-state index in [0.717, 1.165) is 23.4 Å². The summed E-state index contributed by atoms with van der Waals surface area (Å²) in [6, 6.07) is 19.3. The van der Waals surface area contributed by atoms with Crippen molar-refractivity contribution in [1.82, 2.24) is 9.97 Å². The number of rotatable bonds is 5. The van der Waals surface area contributed by atoms with Gasteiger partial charge in [0, 0.05) is 24.5 Å². The molecular formula is C20H20N4O. The standard InChI is InChI=1S/C20H20N4O/c1-3-15-9-7-8-12-17(15)23-20(25)18-13-19(22-14-21-18)24(2)16-10-5-4-6-11-16/h4-14H,3H2,1-2H3,(H,23,25). The molecule has 0 radical (unpaired) electrons. The molecule has 0 unspecified atom stereocenters. The fourth-order valence-electron chi connectivity index (χ4n) is 2.58. The molecule has 0 saturated heterocycles. The minimum absolute atomic E-state index is 0.244. The normalized spacial score (nSPS) is 10.3. The number of hydrogen-bond donors (Lipinski definition) is 1. The van der Waals surface area contributed by atoms with E-state index in [0.29, 0.717) is 11.5 Å². The molecule has 0 saturated carbocycles. The predicted octanol–water partition coefficient (Wildman–Crippen LogP) is 4.06. The summed E-state index contributed by atoms with van der Waals surface area (Å²) in [5.74, 6) is 0.418. The molecule has 3 rings (SSSR count). The Labute approximate surface area is 147 Å². The maximum atomic E-state index is 12.6. The molecule has 0 aliphatic carbocycles. The van der Waals surface area contributed by atoms with Crippen LogP contribution in [0.2, 0.25) is 0 Å². The molecule has 0 bridgehead atoms. The second-order valence-electron chi connectivity index (χ2n) is 5.62. The van der Waals surface area contributed by atoms with Gasteiger partial charge in [-0.25, -0.2) is 9.97 Å². The summed E-state index contributed by atoms with van der Waals surface area (Å²) in [6.07, 6.45) is 2.26. The van der Waals surface area contributed by atoms with Gasteiger partial charge in [0.05, 0.1) is 0 Å². The molecule has 1 heterocycles. The Morgan fingerprint density at radius 2 is 1.76 bits per heavy atom. The van der Waals surface area contributed by atoms with Crippen LogP contribution in [0, 0.1) is 0 Å². The first-order valence-corrected chi connectivity index (χ1v) is 8.19. The van der Waals surface area contributed by atoms with E-state index in [2.05, 4.69) is 22.2 Å². The molecule has 0 aliphatic heterocycles. The number of carbonyl (C=O) groups is 1. The lowest BCUT2D eigenvalue weighted by molar-refractivity contribution is 0.102. The van der Waals surface area contributed by atoms with E-state index in [1.165, 1.54) is 6.33 Å². The van der Waals surface area contributed by atoms with Crippen molar-refractivity contribution >= 4 is 23.1 Å². The summed E-state index contributed by atoms with van der Waals surface area (Å²) >= 11 is 0. The molecular weight excluding hydrogens is 312 g/mol. The Bertz CT molecular complexity index is 864. The summed E-state index contributed by atoms with van der Waals surface area (Å²) in [6.45, 7) is 2.06. The van der Waals surface area contributed by atoms with Gasteiger partial charge in [-0.05, 0) is 30.2 Å². The summed E-state index contributed by atoms with van der Waals surface area (Å²) in [5.41, 5.74) is 3.22. The van der Waals surface area contributed by atoms with Crippen molar-refractivity contribution in [3.63, 3.8) is 0 Å². The Morgan fingerprint density at radius 3 is 2.52 bits per heavy atom. The molecule has 0 spiro atoms. The number of para-hydroxylation sites is 2. The van der Waals surface area contributed by atoms with Gasteiger partial charge in [0.2, 0.25) is 0 Å². The van der Waals surface area contributed by atoms with Crippen molar-refractivity contribution in [3.8, 4) is 0 Å². The Hall–Kier alpha value is -3.21. The number of nitrogens with zero attached hydrogens (tertiary/aromatic N) is 3. The van der Waals surface area contributed by atoms with E-state index in [1.54, 1.807) is 6.07 Å². The van der Waals surface area contributed by atoms with Crippen LogP contribution < -0.4 is 10.2 Å². The third-order valence-electron chi connectivity index (χ3n) is 4.02. The lowest BCUT2D eigenvalue weighted by Gasteiger charge is -2.18. The third kappa shape index (κ3) is 3.83. The Balaban J connectivity index is 1.82. The molecule has 1 amide bonds.